The molecule has 18 heavy (non-hydrogen) atoms. The zero-order valence-electron chi connectivity index (χ0n) is 11.5. The first-order chi connectivity index (χ1) is 8.58. The highest BCUT2D eigenvalue weighted by atomic mass is 32.1. The van der Waals surface area contributed by atoms with Gasteiger partial charge in [-0.25, -0.2) is 0 Å². The van der Waals surface area contributed by atoms with Crippen LogP contribution in [0, 0.1) is 19.8 Å². The minimum absolute atomic E-state index is 0.134. The molecule has 1 aliphatic carbocycles. The molecule has 1 aromatic heterocycles. The topological polar surface area (TPSA) is 26.3 Å². The van der Waals surface area contributed by atoms with Crippen LogP contribution in [0.4, 0.5) is 0 Å². The summed E-state index contributed by atoms with van der Waals surface area (Å²) in [6, 6.07) is 1.98. The highest BCUT2D eigenvalue weighted by Gasteiger charge is 2.23. The largest absolute Gasteiger partial charge is 0.370 e. The first kappa shape index (κ1) is 13.8. The van der Waals surface area contributed by atoms with Crippen LogP contribution in [-0.4, -0.2) is 18.5 Å². The van der Waals surface area contributed by atoms with Crippen LogP contribution >= 0.6 is 11.3 Å². The molecular weight excluding hydrogens is 244 g/mol. The summed E-state index contributed by atoms with van der Waals surface area (Å²) in [5.41, 5.74) is 0.848. The molecule has 0 saturated heterocycles. The minimum atomic E-state index is 0.134. The lowest BCUT2D eigenvalue weighted by Gasteiger charge is -2.28. The van der Waals surface area contributed by atoms with Gasteiger partial charge in [0.15, 0.2) is 5.78 Å². The summed E-state index contributed by atoms with van der Waals surface area (Å²) in [5, 5.41) is 0. The third-order valence-electron chi connectivity index (χ3n) is 3.80. The standard InChI is InChI=1S/C15H22O2S/c1-10-6-4-5-7-15(10)17-9-14(16)13-8-11(2)18-12(13)3/h8,10,15H,4-7,9H2,1-3H3. The predicted molar refractivity (Wildman–Crippen MR) is 75.5 cm³/mol. The lowest BCUT2D eigenvalue weighted by molar-refractivity contribution is 0.000744. The Morgan fingerprint density at radius 2 is 2.11 bits per heavy atom. The van der Waals surface area contributed by atoms with Gasteiger partial charge in [0.2, 0.25) is 0 Å². The Morgan fingerprint density at radius 1 is 1.39 bits per heavy atom. The van der Waals surface area contributed by atoms with Gasteiger partial charge in [-0.3, -0.25) is 4.79 Å². The van der Waals surface area contributed by atoms with Gasteiger partial charge >= 0.3 is 0 Å². The van der Waals surface area contributed by atoms with Crippen molar-refractivity contribution < 1.29 is 9.53 Å². The highest BCUT2D eigenvalue weighted by Crippen LogP contribution is 2.27. The van der Waals surface area contributed by atoms with Gasteiger partial charge in [0.1, 0.15) is 6.61 Å². The number of ketones is 1. The molecule has 0 amide bonds. The van der Waals surface area contributed by atoms with Crippen LogP contribution in [-0.2, 0) is 4.74 Å². The van der Waals surface area contributed by atoms with E-state index in [1.807, 2.05) is 19.9 Å². The zero-order valence-corrected chi connectivity index (χ0v) is 12.3. The quantitative estimate of drug-likeness (QED) is 0.765. The lowest BCUT2D eigenvalue weighted by Crippen LogP contribution is -2.28. The van der Waals surface area contributed by atoms with Gasteiger partial charge in [0, 0.05) is 15.3 Å². The Kier molecular flexibility index (Phi) is 4.57. The molecule has 0 spiro atoms. The lowest BCUT2D eigenvalue weighted by atomic mass is 9.88. The van der Waals surface area contributed by atoms with E-state index in [2.05, 4.69) is 6.92 Å². The summed E-state index contributed by atoms with van der Waals surface area (Å²) < 4.78 is 5.83. The fourth-order valence-electron chi connectivity index (χ4n) is 2.70. The third kappa shape index (κ3) is 3.21. The van der Waals surface area contributed by atoms with Crippen LogP contribution in [0.25, 0.3) is 0 Å². The molecule has 0 bridgehead atoms. The molecule has 1 heterocycles. The Bertz CT molecular complexity index is 422. The number of Topliss-reactive ketones (excluding diaryl/α,β-unsaturated/α-hetero) is 1. The monoisotopic (exact) mass is 266 g/mol. The van der Waals surface area contributed by atoms with Gasteiger partial charge in [-0.1, -0.05) is 19.8 Å². The summed E-state index contributed by atoms with van der Waals surface area (Å²) >= 11 is 1.68. The highest BCUT2D eigenvalue weighted by molar-refractivity contribution is 7.12. The third-order valence-corrected chi connectivity index (χ3v) is 4.77. The molecule has 2 nitrogen and oxygen atoms in total. The molecule has 0 aliphatic heterocycles. The van der Waals surface area contributed by atoms with Crippen molar-refractivity contribution in [3.05, 3.63) is 21.4 Å². The van der Waals surface area contributed by atoms with E-state index >= 15 is 0 Å². The molecule has 1 aromatic rings. The second-order valence-corrected chi connectivity index (χ2v) is 6.82. The van der Waals surface area contributed by atoms with Crippen LogP contribution in [0.3, 0.4) is 0 Å². The second kappa shape index (κ2) is 5.98. The average molecular weight is 266 g/mol. The summed E-state index contributed by atoms with van der Waals surface area (Å²) in [5.74, 6) is 0.728. The fourth-order valence-corrected chi connectivity index (χ4v) is 3.64. The fraction of sp³-hybridized carbons (Fsp3) is 0.667. The van der Waals surface area contributed by atoms with Gasteiger partial charge in [0.05, 0.1) is 6.10 Å². The van der Waals surface area contributed by atoms with E-state index in [0.717, 1.165) is 16.9 Å². The Morgan fingerprint density at radius 3 is 2.72 bits per heavy atom. The average Bonchev–Trinajstić information content (AvgIpc) is 2.67. The van der Waals surface area contributed by atoms with Crippen LogP contribution < -0.4 is 0 Å². The van der Waals surface area contributed by atoms with E-state index in [1.165, 1.54) is 24.1 Å². The Balaban J connectivity index is 1.90. The van der Waals surface area contributed by atoms with Crippen molar-refractivity contribution in [2.45, 2.75) is 52.6 Å². The van der Waals surface area contributed by atoms with E-state index in [9.17, 15) is 4.79 Å². The summed E-state index contributed by atoms with van der Waals surface area (Å²) in [6.45, 7) is 6.52. The summed E-state index contributed by atoms with van der Waals surface area (Å²) in [7, 11) is 0. The molecule has 2 rings (SSSR count). The van der Waals surface area contributed by atoms with Crippen molar-refractivity contribution in [1.82, 2.24) is 0 Å². The molecule has 1 fully saturated rings. The van der Waals surface area contributed by atoms with Gasteiger partial charge in [-0.15, -0.1) is 11.3 Å². The number of thiophene rings is 1. The van der Waals surface area contributed by atoms with E-state index in [4.69, 9.17) is 4.74 Å². The van der Waals surface area contributed by atoms with Crippen molar-refractivity contribution >= 4 is 17.1 Å². The summed E-state index contributed by atoms with van der Waals surface area (Å²) in [6.07, 6.45) is 5.16. The van der Waals surface area contributed by atoms with E-state index in [-0.39, 0.29) is 18.5 Å². The number of hydrogen-bond donors (Lipinski definition) is 0. The molecule has 3 heteroatoms. The molecule has 1 aliphatic rings. The van der Waals surface area contributed by atoms with Crippen molar-refractivity contribution in [1.29, 1.82) is 0 Å². The first-order valence-electron chi connectivity index (χ1n) is 6.79. The molecule has 100 valence electrons. The second-order valence-electron chi connectivity index (χ2n) is 5.36. The number of carbonyl (C=O) groups is 1. The number of carbonyl (C=O) groups excluding carboxylic acids is 1. The first-order valence-corrected chi connectivity index (χ1v) is 7.61. The molecule has 2 unspecified atom stereocenters. The molecule has 0 N–H and O–H groups in total. The van der Waals surface area contributed by atoms with E-state index in [1.54, 1.807) is 11.3 Å². The molecule has 1 saturated carbocycles. The van der Waals surface area contributed by atoms with Crippen molar-refractivity contribution in [3.8, 4) is 0 Å². The van der Waals surface area contributed by atoms with Crippen LogP contribution in [0.5, 0.6) is 0 Å². The molecular formula is C15H22O2S. The van der Waals surface area contributed by atoms with Gasteiger partial charge in [-0.05, 0) is 38.7 Å². The van der Waals surface area contributed by atoms with Crippen LogP contribution in [0.2, 0.25) is 0 Å². The Labute approximate surface area is 113 Å². The van der Waals surface area contributed by atoms with Crippen molar-refractivity contribution in [2.75, 3.05) is 6.61 Å². The summed E-state index contributed by atoms with van der Waals surface area (Å²) in [4.78, 5) is 14.4. The maximum absolute atomic E-state index is 12.1. The molecule has 0 radical (unpaired) electrons. The van der Waals surface area contributed by atoms with Gasteiger partial charge in [-0.2, -0.15) is 0 Å². The maximum Gasteiger partial charge on any atom is 0.189 e. The number of rotatable bonds is 4. The van der Waals surface area contributed by atoms with E-state index in [0.29, 0.717) is 5.92 Å². The zero-order chi connectivity index (χ0) is 13.1. The Hall–Kier alpha value is -0.670. The van der Waals surface area contributed by atoms with Crippen LogP contribution in [0.15, 0.2) is 6.07 Å². The van der Waals surface area contributed by atoms with Gasteiger partial charge in [0.25, 0.3) is 0 Å². The van der Waals surface area contributed by atoms with Gasteiger partial charge < -0.3 is 4.74 Å². The molecule has 2 atom stereocenters. The minimum Gasteiger partial charge on any atom is -0.370 e. The van der Waals surface area contributed by atoms with Crippen LogP contribution in [0.1, 0.15) is 52.7 Å². The van der Waals surface area contributed by atoms with Crippen molar-refractivity contribution in [3.63, 3.8) is 0 Å². The van der Waals surface area contributed by atoms with E-state index < -0.39 is 0 Å². The SMILES string of the molecule is Cc1cc(C(=O)COC2CCCCC2C)c(C)s1. The number of aryl methyl sites for hydroxylation is 2. The predicted octanol–water partition coefficient (Wildman–Crippen LogP) is 4.14. The normalized spacial score (nSPS) is 24.2. The number of ether oxygens (including phenoxy) is 1. The van der Waals surface area contributed by atoms with Crippen molar-refractivity contribution in [2.24, 2.45) is 5.92 Å². The molecule has 0 aromatic carbocycles. The number of hydrogen-bond acceptors (Lipinski definition) is 3. The maximum atomic E-state index is 12.1. The smallest absolute Gasteiger partial charge is 0.189 e.